The summed E-state index contributed by atoms with van der Waals surface area (Å²) in [7, 11) is 0. The summed E-state index contributed by atoms with van der Waals surface area (Å²) in [5.74, 6) is 0.700. The van der Waals surface area contributed by atoms with E-state index < -0.39 is 0 Å². The van der Waals surface area contributed by atoms with Crippen molar-refractivity contribution in [2.45, 2.75) is 0 Å². The monoisotopic (exact) mass is 617 g/mol. The van der Waals surface area contributed by atoms with Crippen molar-refractivity contribution in [1.82, 2.24) is 15.0 Å². The van der Waals surface area contributed by atoms with Gasteiger partial charge in [0.15, 0.2) is 5.82 Å². The predicted molar refractivity (Wildman–Crippen MR) is 197 cm³/mol. The molecule has 0 saturated heterocycles. The van der Waals surface area contributed by atoms with E-state index in [1.54, 1.807) is 11.3 Å². The number of thiophene rings is 1. The number of hydrogen-bond acceptors (Lipinski definition) is 4. The molecule has 9 rings (SSSR count). The van der Waals surface area contributed by atoms with Crippen LogP contribution in [0.2, 0.25) is 0 Å². The second kappa shape index (κ2) is 11.4. The minimum atomic E-state index is 0.700. The van der Waals surface area contributed by atoms with Gasteiger partial charge in [-0.05, 0) is 41.5 Å². The molecule has 0 aliphatic carbocycles. The molecule has 0 fully saturated rings. The van der Waals surface area contributed by atoms with Crippen LogP contribution in [0.3, 0.4) is 0 Å². The van der Waals surface area contributed by atoms with Crippen LogP contribution < -0.4 is 0 Å². The highest BCUT2D eigenvalue weighted by atomic mass is 32.1. The lowest BCUT2D eigenvalue weighted by Crippen LogP contribution is -1.96. The summed E-state index contributed by atoms with van der Waals surface area (Å²) in [4.78, 5) is 15.7. The summed E-state index contributed by atoms with van der Waals surface area (Å²) in [6, 6.07) is 57.1. The molecule has 0 saturated carbocycles. The van der Waals surface area contributed by atoms with Gasteiger partial charge < -0.3 is 0 Å². The Morgan fingerprint density at radius 3 is 1.72 bits per heavy atom. The van der Waals surface area contributed by atoms with Crippen molar-refractivity contribution in [2.24, 2.45) is 0 Å². The van der Waals surface area contributed by atoms with E-state index in [9.17, 15) is 0 Å². The maximum absolute atomic E-state index is 5.30. The Labute approximate surface area is 276 Å². The maximum Gasteiger partial charge on any atom is 0.160 e. The Morgan fingerprint density at radius 2 is 0.957 bits per heavy atom. The van der Waals surface area contributed by atoms with E-state index >= 15 is 0 Å². The van der Waals surface area contributed by atoms with E-state index in [0.717, 1.165) is 61.4 Å². The zero-order valence-corrected chi connectivity index (χ0v) is 26.2. The van der Waals surface area contributed by atoms with Crippen molar-refractivity contribution in [3.63, 3.8) is 0 Å². The molecule has 0 N–H and O–H groups in total. The normalized spacial score (nSPS) is 11.4. The fourth-order valence-corrected chi connectivity index (χ4v) is 7.56. The zero-order valence-electron chi connectivity index (χ0n) is 25.3. The number of hydrogen-bond donors (Lipinski definition) is 0. The summed E-state index contributed by atoms with van der Waals surface area (Å²) in [6.45, 7) is 0. The predicted octanol–water partition coefficient (Wildman–Crippen LogP) is 11.7. The molecule has 47 heavy (non-hydrogen) atoms. The molecular weight excluding hydrogens is 591 g/mol. The van der Waals surface area contributed by atoms with Crippen LogP contribution in [-0.2, 0) is 0 Å². The van der Waals surface area contributed by atoms with Gasteiger partial charge in [-0.3, -0.25) is 0 Å². The molecule has 0 bridgehead atoms. The van der Waals surface area contributed by atoms with Crippen LogP contribution >= 0.6 is 11.3 Å². The first-order valence-corrected chi connectivity index (χ1v) is 16.5. The van der Waals surface area contributed by atoms with Crippen molar-refractivity contribution in [3.05, 3.63) is 164 Å². The topological polar surface area (TPSA) is 38.7 Å². The molecule has 9 aromatic rings. The van der Waals surface area contributed by atoms with E-state index in [-0.39, 0.29) is 0 Å². The molecule has 0 atom stereocenters. The Bertz CT molecular complexity index is 2500. The van der Waals surface area contributed by atoms with Gasteiger partial charge in [0.25, 0.3) is 0 Å². The molecule has 3 heterocycles. The first kappa shape index (κ1) is 27.3. The Kier molecular flexibility index (Phi) is 6.65. The third-order valence-corrected chi connectivity index (χ3v) is 9.87. The average Bonchev–Trinajstić information content (AvgIpc) is 3.55. The van der Waals surface area contributed by atoms with E-state index in [4.69, 9.17) is 15.0 Å². The van der Waals surface area contributed by atoms with Gasteiger partial charge >= 0.3 is 0 Å². The number of benzene rings is 6. The lowest BCUT2D eigenvalue weighted by Gasteiger charge is -2.12. The lowest BCUT2D eigenvalue weighted by molar-refractivity contribution is 1.23. The van der Waals surface area contributed by atoms with Crippen LogP contribution in [0.15, 0.2) is 164 Å². The highest BCUT2D eigenvalue weighted by Crippen LogP contribution is 2.41. The maximum atomic E-state index is 5.30. The quantitative estimate of drug-likeness (QED) is 0.193. The second-order valence-electron chi connectivity index (χ2n) is 11.6. The summed E-state index contributed by atoms with van der Waals surface area (Å²) >= 11 is 1.80. The minimum absolute atomic E-state index is 0.700. The Balaban J connectivity index is 1.25. The first-order valence-electron chi connectivity index (χ1n) is 15.7. The van der Waals surface area contributed by atoms with Gasteiger partial charge in [0.1, 0.15) is 0 Å². The van der Waals surface area contributed by atoms with Crippen molar-refractivity contribution >= 4 is 42.4 Å². The Hall–Kier alpha value is -5.97. The number of aromatic nitrogens is 3. The second-order valence-corrected chi connectivity index (χ2v) is 12.7. The number of nitrogens with zero attached hydrogens (tertiary/aromatic N) is 3. The number of fused-ring (bicyclic) bond motifs is 5. The fraction of sp³-hybridized carbons (Fsp3) is 0. The fourth-order valence-electron chi connectivity index (χ4n) is 6.37. The molecule has 0 aliphatic heterocycles. The van der Waals surface area contributed by atoms with E-state index in [1.165, 1.54) is 20.2 Å². The molecule has 220 valence electrons. The third-order valence-electron chi connectivity index (χ3n) is 8.68. The highest BCUT2D eigenvalue weighted by molar-refractivity contribution is 7.26. The summed E-state index contributed by atoms with van der Waals surface area (Å²) in [6.07, 6.45) is 0. The molecule has 0 spiro atoms. The Morgan fingerprint density at radius 1 is 0.362 bits per heavy atom. The molecular formula is C43H27N3S. The molecule has 4 heteroatoms. The zero-order chi connectivity index (χ0) is 31.2. The SMILES string of the molecule is c1ccc(-c2cc(-c3ccccc3)nc(-c3cccc(-c4nc(-c5ccccc5)c5ccc6c7ccccc7sc6c5n4)c3)c2)cc1. The average molecular weight is 618 g/mol. The van der Waals surface area contributed by atoms with Gasteiger partial charge in [-0.25, -0.2) is 15.0 Å². The van der Waals surface area contributed by atoms with Gasteiger partial charge in [0.05, 0.1) is 27.3 Å². The molecule has 0 aliphatic rings. The molecule has 3 aromatic heterocycles. The van der Waals surface area contributed by atoms with E-state index in [2.05, 4.69) is 146 Å². The van der Waals surface area contributed by atoms with Crippen LogP contribution in [0, 0.1) is 0 Å². The van der Waals surface area contributed by atoms with Crippen molar-refractivity contribution in [2.75, 3.05) is 0 Å². The minimum Gasteiger partial charge on any atom is -0.248 e. The molecule has 0 amide bonds. The molecule has 0 radical (unpaired) electrons. The summed E-state index contributed by atoms with van der Waals surface area (Å²) < 4.78 is 2.45. The van der Waals surface area contributed by atoms with Crippen molar-refractivity contribution in [1.29, 1.82) is 0 Å². The van der Waals surface area contributed by atoms with Crippen LogP contribution in [0.1, 0.15) is 0 Å². The van der Waals surface area contributed by atoms with Gasteiger partial charge in [-0.2, -0.15) is 0 Å². The van der Waals surface area contributed by atoms with Crippen LogP contribution in [0.5, 0.6) is 0 Å². The van der Waals surface area contributed by atoms with Gasteiger partial charge in [0, 0.05) is 43.1 Å². The number of pyridine rings is 1. The smallest absolute Gasteiger partial charge is 0.160 e. The first-order chi connectivity index (χ1) is 23.3. The van der Waals surface area contributed by atoms with Crippen molar-refractivity contribution < 1.29 is 0 Å². The van der Waals surface area contributed by atoms with Crippen LogP contribution in [-0.4, -0.2) is 15.0 Å². The highest BCUT2D eigenvalue weighted by Gasteiger charge is 2.17. The van der Waals surface area contributed by atoms with Crippen molar-refractivity contribution in [3.8, 4) is 56.3 Å². The third kappa shape index (κ3) is 4.96. The van der Waals surface area contributed by atoms with E-state index in [1.807, 2.05) is 18.2 Å². The van der Waals surface area contributed by atoms with E-state index in [0.29, 0.717) is 5.82 Å². The lowest BCUT2D eigenvalue weighted by atomic mass is 9.99. The standard InChI is InChI=1S/C43H27N3S/c1-4-13-28(14-5-1)33-26-37(29-15-6-2-7-16-29)44-38(27-33)31-19-12-20-32(25-31)43-45-40(30-17-8-3-9-18-30)36-24-23-35-34-21-10-11-22-39(34)47-42(35)41(36)46-43/h1-27H. The largest absolute Gasteiger partial charge is 0.248 e. The molecule has 3 nitrogen and oxygen atoms in total. The van der Waals surface area contributed by atoms with Crippen LogP contribution in [0.4, 0.5) is 0 Å². The van der Waals surface area contributed by atoms with Gasteiger partial charge in [-0.15, -0.1) is 11.3 Å². The van der Waals surface area contributed by atoms with Gasteiger partial charge in [0.2, 0.25) is 0 Å². The van der Waals surface area contributed by atoms with Gasteiger partial charge in [-0.1, -0.05) is 133 Å². The number of rotatable bonds is 5. The van der Waals surface area contributed by atoms with Crippen LogP contribution in [0.25, 0.3) is 87.4 Å². The summed E-state index contributed by atoms with van der Waals surface area (Å²) in [5.41, 5.74) is 10.2. The summed E-state index contributed by atoms with van der Waals surface area (Å²) in [5, 5.41) is 3.54. The molecule has 0 unspecified atom stereocenters. The molecule has 6 aromatic carbocycles.